The first kappa shape index (κ1) is 11.0. The van der Waals surface area contributed by atoms with Crippen molar-refractivity contribution in [3.63, 3.8) is 0 Å². The number of hydrogen-bond acceptors (Lipinski definition) is 2. The van der Waals surface area contributed by atoms with Gasteiger partial charge in [-0.25, -0.2) is 0 Å². The summed E-state index contributed by atoms with van der Waals surface area (Å²) in [5, 5.41) is 0. The van der Waals surface area contributed by atoms with Crippen LogP contribution in [-0.4, -0.2) is 6.10 Å². The Morgan fingerprint density at radius 3 is 2.73 bits per heavy atom. The molecule has 1 fully saturated rings. The van der Waals surface area contributed by atoms with Gasteiger partial charge in [0.1, 0.15) is 0 Å². The molecule has 1 saturated carbocycles. The zero-order valence-electron chi connectivity index (χ0n) is 8.71. The fraction of sp³-hybridized carbons (Fsp3) is 0.500. The lowest BCUT2D eigenvalue weighted by atomic mass is 10.2. The fourth-order valence-electron chi connectivity index (χ4n) is 1.95. The summed E-state index contributed by atoms with van der Waals surface area (Å²) < 4.78 is 6.76. The molecule has 1 aromatic carbocycles. The third-order valence-corrected chi connectivity index (χ3v) is 3.57. The lowest BCUT2D eigenvalue weighted by Crippen LogP contribution is -2.07. The van der Waals surface area contributed by atoms with Crippen molar-refractivity contribution in [2.75, 3.05) is 5.73 Å². The second-order valence-corrected chi connectivity index (χ2v) is 4.93. The van der Waals surface area contributed by atoms with E-state index in [1.165, 1.54) is 25.7 Å². The Morgan fingerprint density at radius 2 is 2.07 bits per heavy atom. The molecule has 0 atom stereocenters. The van der Waals surface area contributed by atoms with Gasteiger partial charge in [0.05, 0.1) is 12.7 Å². The molecule has 1 aliphatic rings. The molecule has 0 amide bonds. The average molecular weight is 270 g/mol. The highest BCUT2D eigenvalue weighted by molar-refractivity contribution is 9.10. The summed E-state index contributed by atoms with van der Waals surface area (Å²) in [6.07, 6.45) is 5.52. The lowest BCUT2D eigenvalue weighted by molar-refractivity contribution is 0.0457. The van der Waals surface area contributed by atoms with E-state index >= 15 is 0 Å². The molecule has 82 valence electrons. The Hall–Kier alpha value is -0.540. The fourth-order valence-corrected chi connectivity index (χ4v) is 2.20. The molecular formula is C12H16BrNO. The molecule has 0 aliphatic heterocycles. The van der Waals surface area contributed by atoms with Crippen LogP contribution in [0.4, 0.5) is 5.69 Å². The molecule has 2 N–H and O–H groups in total. The minimum Gasteiger partial charge on any atom is -0.398 e. The highest BCUT2D eigenvalue weighted by Gasteiger charge is 2.15. The largest absolute Gasteiger partial charge is 0.398 e. The zero-order valence-corrected chi connectivity index (χ0v) is 10.3. The monoisotopic (exact) mass is 269 g/mol. The molecule has 2 nitrogen and oxygen atoms in total. The van der Waals surface area contributed by atoms with Gasteiger partial charge in [0.2, 0.25) is 0 Å². The molecule has 15 heavy (non-hydrogen) atoms. The molecule has 0 heterocycles. The molecule has 0 radical (unpaired) electrons. The third kappa shape index (κ3) is 2.95. The first-order valence-electron chi connectivity index (χ1n) is 5.41. The van der Waals surface area contributed by atoms with Gasteiger partial charge in [0.25, 0.3) is 0 Å². The molecule has 0 bridgehead atoms. The number of halogens is 1. The Kier molecular flexibility index (Phi) is 3.65. The predicted octanol–water partition coefficient (Wildman–Crippen LogP) is 3.49. The van der Waals surface area contributed by atoms with Crippen molar-refractivity contribution in [1.29, 1.82) is 0 Å². The van der Waals surface area contributed by atoms with E-state index in [1.807, 2.05) is 12.1 Å². The summed E-state index contributed by atoms with van der Waals surface area (Å²) in [6, 6.07) is 6.00. The summed E-state index contributed by atoms with van der Waals surface area (Å²) in [5.41, 5.74) is 7.74. The molecule has 1 aromatic rings. The van der Waals surface area contributed by atoms with E-state index in [9.17, 15) is 0 Å². The highest BCUT2D eigenvalue weighted by Crippen LogP contribution is 2.24. The highest BCUT2D eigenvalue weighted by atomic mass is 79.9. The van der Waals surface area contributed by atoms with Gasteiger partial charge in [-0.3, -0.25) is 0 Å². The zero-order chi connectivity index (χ0) is 10.7. The van der Waals surface area contributed by atoms with Crippen molar-refractivity contribution in [2.45, 2.75) is 38.4 Å². The van der Waals surface area contributed by atoms with Gasteiger partial charge in [-0.1, -0.05) is 18.9 Å². The van der Waals surface area contributed by atoms with E-state index in [-0.39, 0.29) is 0 Å². The summed E-state index contributed by atoms with van der Waals surface area (Å²) in [4.78, 5) is 0. The van der Waals surface area contributed by atoms with Crippen LogP contribution >= 0.6 is 15.9 Å². The minimum atomic E-state index is 0.467. The van der Waals surface area contributed by atoms with Gasteiger partial charge < -0.3 is 10.5 Å². The maximum atomic E-state index is 5.81. The molecule has 3 heteroatoms. The van der Waals surface area contributed by atoms with Gasteiger partial charge in [-0.05, 0) is 46.5 Å². The topological polar surface area (TPSA) is 35.2 Å². The van der Waals surface area contributed by atoms with E-state index < -0.39 is 0 Å². The summed E-state index contributed by atoms with van der Waals surface area (Å²) in [7, 11) is 0. The van der Waals surface area contributed by atoms with Crippen LogP contribution in [0.5, 0.6) is 0 Å². The summed E-state index contributed by atoms with van der Waals surface area (Å²) >= 11 is 3.38. The molecule has 0 spiro atoms. The summed E-state index contributed by atoms with van der Waals surface area (Å²) in [6.45, 7) is 0.683. The molecular weight excluding hydrogens is 254 g/mol. The standard InChI is InChI=1S/C12H16BrNO/c13-11-6-5-9(7-12(11)14)8-15-10-3-1-2-4-10/h5-7,10H,1-4,8,14H2. The molecule has 0 saturated heterocycles. The van der Waals surface area contributed by atoms with Crippen LogP contribution in [-0.2, 0) is 11.3 Å². The van der Waals surface area contributed by atoms with Crippen molar-refractivity contribution in [1.82, 2.24) is 0 Å². The van der Waals surface area contributed by atoms with E-state index in [0.717, 1.165) is 15.7 Å². The van der Waals surface area contributed by atoms with Crippen LogP contribution < -0.4 is 5.73 Å². The second kappa shape index (κ2) is 4.99. The quantitative estimate of drug-likeness (QED) is 0.853. The number of anilines is 1. The SMILES string of the molecule is Nc1cc(COC2CCCC2)ccc1Br. The smallest absolute Gasteiger partial charge is 0.0721 e. The Labute approximate surface area is 98.9 Å². The first-order chi connectivity index (χ1) is 7.25. The van der Waals surface area contributed by atoms with Crippen LogP contribution in [0, 0.1) is 0 Å². The average Bonchev–Trinajstić information content (AvgIpc) is 2.73. The van der Waals surface area contributed by atoms with Gasteiger partial charge in [-0.15, -0.1) is 0 Å². The number of nitrogens with two attached hydrogens (primary N) is 1. The van der Waals surface area contributed by atoms with Crippen LogP contribution in [0.15, 0.2) is 22.7 Å². The van der Waals surface area contributed by atoms with E-state index in [4.69, 9.17) is 10.5 Å². The van der Waals surface area contributed by atoms with Crippen LogP contribution in [0.3, 0.4) is 0 Å². The Balaban J connectivity index is 1.90. The van der Waals surface area contributed by atoms with Crippen molar-refractivity contribution in [3.8, 4) is 0 Å². The minimum absolute atomic E-state index is 0.467. The maximum absolute atomic E-state index is 5.81. The summed E-state index contributed by atoms with van der Waals surface area (Å²) in [5.74, 6) is 0. The van der Waals surface area contributed by atoms with E-state index in [1.54, 1.807) is 0 Å². The first-order valence-corrected chi connectivity index (χ1v) is 6.20. The Bertz CT molecular complexity index is 334. The lowest BCUT2D eigenvalue weighted by Gasteiger charge is -2.11. The molecule has 0 aromatic heterocycles. The van der Waals surface area contributed by atoms with Crippen LogP contribution in [0.25, 0.3) is 0 Å². The van der Waals surface area contributed by atoms with E-state index in [2.05, 4.69) is 22.0 Å². The maximum Gasteiger partial charge on any atom is 0.0721 e. The van der Waals surface area contributed by atoms with E-state index in [0.29, 0.717) is 12.7 Å². The van der Waals surface area contributed by atoms with Crippen LogP contribution in [0.1, 0.15) is 31.2 Å². The normalized spacial score (nSPS) is 17.1. The molecule has 2 rings (SSSR count). The predicted molar refractivity (Wildman–Crippen MR) is 65.6 cm³/mol. The van der Waals surface area contributed by atoms with Crippen LogP contribution in [0.2, 0.25) is 0 Å². The second-order valence-electron chi connectivity index (χ2n) is 4.07. The van der Waals surface area contributed by atoms with Crippen molar-refractivity contribution in [2.24, 2.45) is 0 Å². The van der Waals surface area contributed by atoms with Crippen molar-refractivity contribution < 1.29 is 4.74 Å². The van der Waals surface area contributed by atoms with Gasteiger partial charge >= 0.3 is 0 Å². The number of rotatable bonds is 3. The number of benzene rings is 1. The molecule has 0 unspecified atom stereocenters. The van der Waals surface area contributed by atoms with Crippen molar-refractivity contribution in [3.05, 3.63) is 28.2 Å². The number of hydrogen-bond donors (Lipinski definition) is 1. The Morgan fingerprint density at radius 1 is 1.33 bits per heavy atom. The van der Waals surface area contributed by atoms with Crippen molar-refractivity contribution >= 4 is 21.6 Å². The van der Waals surface area contributed by atoms with Gasteiger partial charge in [0.15, 0.2) is 0 Å². The third-order valence-electron chi connectivity index (χ3n) is 2.85. The van der Waals surface area contributed by atoms with Gasteiger partial charge in [0, 0.05) is 10.2 Å². The number of ether oxygens (including phenoxy) is 1. The van der Waals surface area contributed by atoms with Gasteiger partial charge in [-0.2, -0.15) is 0 Å². The molecule has 1 aliphatic carbocycles. The number of nitrogen functional groups attached to an aromatic ring is 1.